The molecule has 0 aliphatic carbocycles. The van der Waals surface area contributed by atoms with Gasteiger partial charge in [0, 0.05) is 16.0 Å². The second-order valence-corrected chi connectivity index (χ2v) is 4.10. The molecule has 84 valence electrons. The first-order valence-corrected chi connectivity index (χ1v) is 5.42. The Balaban J connectivity index is 2.97. The molecular weight excluding hydrogens is 252 g/mol. The lowest BCUT2D eigenvalue weighted by Crippen LogP contribution is -2.05. The maximum Gasteiger partial charge on any atom is 0.340 e. The Bertz CT molecular complexity index is 464. The van der Waals surface area contributed by atoms with Gasteiger partial charge >= 0.3 is 5.97 Å². The predicted octanol–water partition coefficient (Wildman–Crippen LogP) is 3.01. The molecule has 0 aliphatic rings. The van der Waals surface area contributed by atoms with Crippen LogP contribution in [0.2, 0.25) is 4.47 Å². The second kappa shape index (κ2) is 6.12. The third kappa shape index (κ3) is 3.54. The molecule has 0 saturated carbocycles. The largest absolute Gasteiger partial charge is 0.462 e. The van der Waals surface area contributed by atoms with E-state index in [-0.39, 0.29) is 12.3 Å². The van der Waals surface area contributed by atoms with Gasteiger partial charge in [-0.25, -0.2) is 9.78 Å². The summed E-state index contributed by atoms with van der Waals surface area (Å²) in [5.74, 6) is -0.676. The minimum Gasteiger partial charge on any atom is -0.462 e. The number of aromatic nitrogens is 1. The van der Waals surface area contributed by atoms with Crippen LogP contribution in [0.25, 0.3) is 16.5 Å². The van der Waals surface area contributed by atoms with Gasteiger partial charge in [0.05, 0.1) is 6.61 Å². The molecule has 0 aromatic carbocycles. The first-order chi connectivity index (χ1) is 7.67. The fourth-order valence-electron chi connectivity index (χ4n) is 0.848. The number of carbonyl (C=O) groups is 1. The Morgan fingerprint density at radius 3 is 3.12 bits per heavy atom. The van der Waals surface area contributed by atoms with Crippen molar-refractivity contribution in [1.29, 1.82) is 0 Å². The van der Waals surface area contributed by atoms with Gasteiger partial charge in [-0.2, -0.15) is 0 Å². The number of hydrogen-bond donors (Lipinski definition) is 0. The van der Waals surface area contributed by atoms with Gasteiger partial charge in [-0.1, -0.05) is 16.7 Å². The van der Waals surface area contributed by atoms with E-state index in [4.69, 9.17) is 21.9 Å². The molecule has 0 N–H and O–H groups in total. The van der Waals surface area contributed by atoms with Gasteiger partial charge in [0.1, 0.15) is 5.70 Å². The molecule has 0 fully saturated rings. The molecule has 0 aliphatic heterocycles. The van der Waals surface area contributed by atoms with Crippen LogP contribution in [0, 0.1) is 0 Å². The molecule has 1 aromatic heterocycles. The minimum atomic E-state index is -0.676. The van der Waals surface area contributed by atoms with Crippen molar-refractivity contribution in [1.82, 2.24) is 4.98 Å². The summed E-state index contributed by atoms with van der Waals surface area (Å²) < 4.78 is 5.06. The van der Waals surface area contributed by atoms with E-state index in [2.05, 4.69) is 15.0 Å². The lowest BCUT2D eigenvalue weighted by atomic mass is 10.4. The highest BCUT2D eigenvalue weighted by atomic mass is 35.5. The van der Waals surface area contributed by atoms with Crippen molar-refractivity contribution in [2.45, 2.75) is 6.92 Å². The molecule has 0 bridgehead atoms. The van der Waals surface area contributed by atoms with Gasteiger partial charge in [0.15, 0.2) is 4.47 Å². The highest BCUT2D eigenvalue weighted by Crippen LogP contribution is 2.21. The lowest BCUT2D eigenvalue weighted by molar-refractivity contribution is -0.138. The zero-order chi connectivity index (χ0) is 12.0. The Labute approximate surface area is 100 Å². The summed E-state index contributed by atoms with van der Waals surface area (Å²) in [5.41, 5.74) is 8.19. The van der Waals surface area contributed by atoms with Gasteiger partial charge in [-0.15, -0.1) is 11.3 Å². The van der Waals surface area contributed by atoms with Gasteiger partial charge in [-0.3, -0.25) is 0 Å². The van der Waals surface area contributed by atoms with E-state index < -0.39 is 5.97 Å². The van der Waals surface area contributed by atoms with E-state index in [0.29, 0.717) is 9.34 Å². The molecule has 0 amide bonds. The molecule has 0 unspecified atom stereocenters. The number of nitrogens with zero attached hydrogens (tertiary/aromatic N) is 4. The first-order valence-electron chi connectivity index (χ1n) is 4.22. The molecule has 16 heavy (non-hydrogen) atoms. The van der Waals surface area contributed by atoms with Crippen LogP contribution in [0.1, 0.15) is 11.8 Å². The summed E-state index contributed by atoms with van der Waals surface area (Å²) in [7, 11) is 0. The van der Waals surface area contributed by atoms with E-state index in [1.165, 1.54) is 12.3 Å². The van der Waals surface area contributed by atoms with Crippen LogP contribution in [-0.4, -0.2) is 17.6 Å². The number of carbonyl (C=O) groups excluding carboxylic acids is 1. The molecule has 0 radical (unpaired) electrons. The van der Waals surface area contributed by atoms with E-state index >= 15 is 0 Å². The second-order valence-electron chi connectivity index (χ2n) is 2.46. The number of ether oxygens (including phenoxy) is 1. The summed E-state index contributed by atoms with van der Waals surface area (Å²) in [4.78, 5) is 18.3. The van der Waals surface area contributed by atoms with E-state index in [9.17, 15) is 4.79 Å². The van der Waals surface area contributed by atoms with Crippen molar-refractivity contribution < 1.29 is 9.53 Å². The highest BCUT2D eigenvalue weighted by molar-refractivity contribution is 7.16. The van der Waals surface area contributed by atoms with Crippen LogP contribution in [0.5, 0.6) is 0 Å². The van der Waals surface area contributed by atoms with Crippen LogP contribution in [0.15, 0.2) is 17.0 Å². The van der Waals surface area contributed by atoms with Crippen LogP contribution in [0.4, 0.5) is 0 Å². The van der Waals surface area contributed by atoms with Crippen molar-refractivity contribution >= 4 is 35.0 Å². The summed E-state index contributed by atoms with van der Waals surface area (Å²) in [5, 5.41) is 3.25. The van der Waals surface area contributed by atoms with Gasteiger partial charge in [0.2, 0.25) is 0 Å². The molecule has 1 aromatic rings. The van der Waals surface area contributed by atoms with Crippen LogP contribution < -0.4 is 0 Å². The summed E-state index contributed by atoms with van der Waals surface area (Å²) in [6, 6.07) is 0. The normalized spacial score (nSPS) is 10.8. The predicted molar refractivity (Wildman–Crippen MR) is 60.9 cm³/mol. The maximum atomic E-state index is 11.3. The van der Waals surface area contributed by atoms with Crippen LogP contribution in [-0.2, 0) is 9.53 Å². The van der Waals surface area contributed by atoms with Crippen molar-refractivity contribution in [3.63, 3.8) is 0 Å². The Morgan fingerprint density at radius 1 is 1.88 bits per heavy atom. The molecule has 8 heteroatoms. The standard InChI is InChI=1S/C8H7ClN4O2S/c1-2-15-7(14)6(12-13-10)3-5-4-11-8(9)16-5/h3-4H,2H2,1H3/b6-3-. The number of halogens is 1. The molecular formula is C8H7ClN4O2S. The third-order valence-electron chi connectivity index (χ3n) is 1.41. The van der Waals surface area contributed by atoms with E-state index in [0.717, 1.165) is 11.3 Å². The summed E-state index contributed by atoms with van der Waals surface area (Å²) in [6.45, 7) is 1.87. The zero-order valence-corrected chi connectivity index (χ0v) is 9.83. The monoisotopic (exact) mass is 258 g/mol. The zero-order valence-electron chi connectivity index (χ0n) is 8.25. The van der Waals surface area contributed by atoms with Crippen molar-refractivity contribution in [3.8, 4) is 0 Å². The maximum absolute atomic E-state index is 11.3. The van der Waals surface area contributed by atoms with Crippen molar-refractivity contribution in [2.24, 2.45) is 5.11 Å². The van der Waals surface area contributed by atoms with Crippen LogP contribution in [0.3, 0.4) is 0 Å². The smallest absolute Gasteiger partial charge is 0.340 e. The quantitative estimate of drug-likeness (QED) is 0.273. The van der Waals surface area contributed by atoms with Gasteiger partial charge in [0.25, 0.3) is 0 Å². The molecule has 0 atom stereocenters. The molecule has 1 heterocycles. The average molecular weight is 259 g/mol. The van der Waals surface area contributed by atoms with E-state index in [1.54, 1.807) is 6.92 Å². The van der Waals surface area contributed by atoms with E-state index in [1.807, 2.05) is 0 Å². The minimum absolute atomic E-state index is 0.121. The Morgan fingerprint density at radius 2 is 2.62 bits per heavy atom. The number of rotatable bonds is 4. The lowest BCUT2D eigenvalue weighted by Gasteiger charge is -1.99. The van der Waals surface area contributed by atoms with Crippen LogP contribution >= 0.6 is 22.9 Å². The number of azide groups is 1. The SMILES string of the molecule is CCOC(=O)/C(=C/c1cnc(Cl)s1)N=[N+]=[N-]. The summed E-state index contributed by atoms with van der Waals surface area (Å²) in [6.07, 6.45) is 2.85. The summed E-state index contributed by atoms with van der Waals surface area (Å²) >= 11 is 6.78. The van der Waals surface area contributed by atoms with Crippen molar-refractivity contribution in [2.75, 3.05) is 6.61 Å². The van der Waals surface area contributed by atoms with Gasteiger partial charge in [-0.05, 0) is 18.5 Å². The topological polar surface area (TPSA) is 88.0 Å². The third-order valence-corrected chi connectivity index (χ3v) is 2.47. The first kappa shape index (κ1) is 12.5. The molecule has 1 rings (SSSR count). The number of esters is 1. The average Bonchev–Trinajstić information content (AvgIpc) is 2.64. The van der Waals surface area contributed by atoms with Gasteiger partial charge < -0.3 is 4.74 Å². The van der Waals surface area contributed by atoms with Crippen molar-refractivity contribution in [3.05, 3.63) is 31.7 Å². The Hall–Kier alpha value is -1.56. The fraction of sp³-hybridized carbons (Fsp3) is 0.250. The fourth-order valence-corrected chi connectivity index (χ4v) is 1.74. The number of thiazole rings is 1. The highest BCUT2D eigenvalue weighted by Gasteiger charge is 2.09. The molecule has 6 nitrogen and oxygen atoms in total. The molecule has 0 spiro atoms. The number of hydrogen-bond acceptors (Lipinski definition) is 5. The Kier molecular flexibility index (Phi) is 4.78. The molecule has 0 saturated heterocycles.